The number of para-hydroxylation sites is 2. The highest BCUT2D eigenvalue weighted by Gasteiger charge is 2.04. The third kappa shape index (κ3) is 5.04. The second-order valence-corrected chi connectivity index (χ2v) is 6.04. The van der Waals surface area contributed by atoms with Crippen molar-refractivity contribution in [1.82, 2.24) is 15.3 Å². The van der Waals surface area contributed by atoms with Crippen molar-refractivity contribution in [3.8, 4) is 0 Å². The molecule has 1 amide bonds. The lowest BCUT2D eigenvalue weighted by Gasteiger charge is -2.01. The lowest BCUT2D eigenvalue weighted by atomic mass is 10.1. The second kappa shape index (κ2) is 8.80. The Kier molecular flexibility index (Phi) is 5.99. The predicted molar refractivity (Wildman–Crippen MR) is 104 cm³/mol. The Morgan fingerprint density at radius 1 is 1.15 bits per heavy atom. The van der Waals surface area contributed by atoms with E-state index in [0.717, 1.165) is 35.3 Å². The molecule has 0 saturated heterocycles. The number of H-pyrrole nitrogens is 1. The van der Waals surface area contributed by atoms with Gasteiger partial charge >= 0.3 is 5.97 Å². The van der Waals surface area contributed by atoms with Gasteiger partial charge in [-0.05, 0) is 42.3 Å². The first kappa shape index (κ1) is 18.4. The summed E-state index contributed by atoms with van der Waals surface area (Å²) in [5.74, 6) is 0.385. The number of aromatic nitrogens is 2. The first-order valence-electron chi connectivity index (χ1n) is 8.73. The van der Waals surface area contributed by atoms with Gasteiger partial charge in [0, 0.05) is 19.0 Å². The Balaban J connectivity index is 1.42. The maximum Gasteiger partial charge on any atom is 0.337 e. The van der Waals surface area contributed by atoms with Crippen molar-refractivity contribution in [3.05, 3.63) is 71.6 Å². The number of hydrogen-bond donors (Lipinski definition) is 2. The van der Waals surface area contributed by atoms with Gasteiger partial charge in [0.25, 0.3) is 0 Å². The standard InChI is InChI=1S/C21H21N3O3/c1-27-21(26)16-11-8-15(9-12-16)10-13-20(25)22-14-4-7-19-23-17-5-2-3-6-18(17)24-19/h2-3,5-6,8-13H,4,7,14H2,1H3,(H,22,25)(H,23,24)/b13-10+. The van der Waals surface area contributed by atoms with Gasteiger partial charge in [-0.2, -0.15) is 0 Å². The van der Waals surface area contributed by atoms with Crippen LogP contribution >= 0.6 is 0 Å². The van der Waals surface area contributed by atoms with E-state index in [9.17, 15) is 9.59 Å². The highest BCUT2D eigenvalue weighted by molar-refractivity contribution is 5.92. The molecule has 3 aromatic rings. The first-order chi connectivity index (χ1) is 13.2. The van der Waals surface area contributed by atoms with Gasteiger partial charge in [-0.25, -0.2) is 9.78 Å². The number of nitrogens with zero attached hydrogens (tertiary/aromatic N) is 1. The van der Waals surface area contributed by atoms with E-state index < -0.39 is 0 Å². The van der Waals surface area contributed by atoms with E-state index in [1.165, 1.54) is 13.2 Å². The fourth-order valence-corrected chi connectivity index (χ4v) is 2.67. The van der Waals surface area contributed by atoms with E-state index in [2.05, 4.69) is 20.0 Å². The van der Waals surface area contributed by atoms with Gasteiger partial charge in [-0.15, -0.1) is 0 Å². The largest absolute Gasteiger partial charge is 0.465 e. The van der Waals surface area contributed by atoms with Crippen LogP contribution in [0.2, 0.25) is 0 Å². The number of fused-ring (bicyclic) bond motifs is 1. The van der Waals surface area contributed by atoms with E-state index in [0.29, 0.717) is 12.1 Å². The fourth-order valence-electron chi connectivity index (χ4n) is 2.67. The zero-order valence-corrected chi connectivity index (χ0v) is 15.1. The van der Waals surface area contributed by atoms with Crippen LogP contribution in [-0.2, 0) is 16.0 Å². The predicted octanol–water partition coefficient (Wildman–Crippen LogP) is 3.11. The quantitative estimate of drug-likeness (QED) is 0.384. The van der Waals surface area contributed by atoms with Gasteiger partial charge in [-0.3, -0.25) is 4.79 Å². The molecule has 2 N–H and O–H groups in total. The molecule has 0 aliphatic heterocycles. The summed E-state index contributed by atoms with van der Waals surface area (Å²) in [4.78, 5) is 31.1. The van der Waals surface area contributed by atoms with Gasteiger partial charge in [0.1, 0.15) is 5.82 Å². The van der Waals surface area contributed by atoms with Crippen LogP contribution in [0.25, 0.3) is 17.1 Å². The van der Waals surface area contributed by atoms with E-state index in [4.69, 9.17) is 0 Å². The summed E-state index contributed by atoms with van der Waals surface area (Å²) in [6.45, 7) is 0.571. The number of carbonyl (C=O) groups excluding carboxylic acids is 2. The van der Waals surface area contributed by atoms with Crippen molar-refractivity contribution in [3.63, 3.8) is 0 Å². The summed E-state index contributed by atoms with van der Waals surface area (Å²) in [6, 6.07) is 14.8. The molecule has 0 aliphatic carbocycles. The summed E-state index contributed by atoms with van der Waals surface area (Å²) in [5.41, 5.74) is 3.29. The molecule has 27 heavy (non-hydrogen) atoms. The van der Waals surface area contributed by atoms with Crippen LogP contribution < -0.4 is 5.32 Å². The molecule has 3 rings (SSSR count). The Hall–Kier alpha value is -3.41. The van der Waals surface area contributed by atoms with Crippen LogP contribution in [0.1, 0.15) is 28.2 Å². The van der Waals surface area contributed by atoms with Crippen LogP contribution in [0.5, 0.6) is 0 Å². The minimum absolute atomic E-state index is 0.156. The Bertz CT molecular complexity index is 925. The van der Waals surface area contributed by atoms with E-state index in [1.807, 2.05) is 24.3 Å². The molecule has 0 radical (unpaired) electrons. The first-order valence-corrected chi connectivity index (χ1v) is 8.73. The molecule has 0 unspecified atom stereocenters. The van der Waals surface area contributed by atoms with Gasteiger partial charge in [0.2, 0.25) is 5.91 Å². The lowest BCUT2D eigenvalue weighted by Crippen LogP contribution is -2.22. The molecule has 0 fully saturated rings. The molecule has 0 atom stereocenters. The highest BCUT2D eigenvalue weighted by atomic mass is 16.5. The lowest BCUT2D eigenvalue weighted by molar-refractivity contribution is -0.116. The number of aryl methyl sites for hydroxylation is 1. The minimum Gasteiger partial charge on any atom is -0.465 e. The second-order valence-electron chi connectivity index (χ2n) is 6.04. The van der Waals surface area contributed by atoms with Crippen molar-refractivity contribution >= 4 is 29.0 Å². The number of rotatable bonds is 7. The van der Waals surface area contributed by atoms with Crippen LogP contribution in [0, 0.1) is 0 Å². The van der Waals surface area contributed by atoms with Crippen molar-refractivity contribution in [2.75, 3.05) is 13.7 Å². The average molecular weight is 363 g/mol. The molecule has 6 nitrogen and oxygen atoms in total. The molecule has 6 heteroatoms. The topological polar surface area (TPSA) is 84.1 Å². The molecule has 2 aromatic carbocycles. The van der Waals surface area contributed by atoms with Crippen LogP contribution in [-0.4, -0.2) is 35.5 Å². The van der Waals surface area contributed by atoms with Crippen LogP contribution in [0.4, 0.5) is 0 Å². The maximum atomic E-state index is 11.9. The molecule has 0 saturated carbocycles. The number of nitrogens with one attached hydrogen (secondary N) is 2. The number of imidazole rings is 1. The number of carbonyl (C=O) groups is 2. The van der Waals surface area contributed by atoms with E-state index >= 15 is 0 Å². The molecule has 0 bridgehead atoms. The van der Waals surface area contributed by atoms with Crippen molar-refractivity contribution < 1.29 is 14.3 Å². The molecular weight excluding hydrogens is 342 g/mol. The number of aromatic amines is 1. The number of benzene rings is 2. The maximum absolute atomic E-state index is 11.9. The summed E-state index contributed by atoms with van der Waals surface area (Å²) < 4.78 is 4.65. The zero-order chi connectivity index (χ0) is 19.1. The van der Waals surface area contributed by atoms with E-state index in [-0.39, 0.29) is 11.9 Å². The number of methoxy groups -OCH3 is 1. The Morgan fingerprint density at radius 3 is 2.67 bits per heavy atom. The van der Waals surface area contributed by atoms with Crippen LogP contribution in [0.15, 0.2) is 54.6 Å². The summed E-state index contributed by atoms with van der Waals surface area (Å²) in [7, 11) is 1.34. The van der Waals surface area contributed by atoms with Gasteiger partial charge in [0.15, 0.2) is 0 Å². The van der Waals surface area contributed by atoms with Crippen molar-refractivity contribution in [2.24, 2.45) is 0 Å². The fraction of sp³-hybridized carbons (Fsp3) is 0.190. The third-order valence-electron chi connectivity index (χ3n) is 4.09. The molecule has 0 spiro atoms. The summed E-state index contributed by atoms with van der Waals surface area (Å²) >= 11 is 0. The van der Waals surface area contributed by atoms with Gasteiger partial charge in [-0.1, -0.05) is 24.3 Å². The van der Waals surface area contributed by atoms with Crippen LogP contribution in [0.3, 0.4) is 0 Å². The van der Waals surface area contributed by atoms with Gasteiger partial charge in [0.05, 0.1) is 23.7 Å². The summed E-state index contributed by atoms with van der Waals surface area (Å²) in [5, 5.41) is 2.85. The van der Waals surface area contributed by atoms with Gasteiger partial charge < -0.3 is 15.0 Å². The number of amides is 1. The molecule has 0 aliphatic rings. The molecule has 1 aromatic heterocycles. The highest BCUT2D eigenvalue weighted by Crippen LogP contribution is 2.11. The number of hydrogen-bond acceptors (Lipinski definition) is 4. The van der Waals surface area contributed by atoms with Crippen molar-refractivity contribution in [1.29, 1.82) is 0 Å². The Morgan fingerprint density at radius 2 is 1.93 bits per heavy atom. The number of ether oxygens (including phenoxy) is 1. The molecule has 1 heterocycles. The monoisotopic (exact) mass is 363 g/mol. The summed E-state index contributed by atoms with van der Waals surface area (Å²) in [6.07, 6.45) is 4.75. The Labute approximate surface area is 157 Å². The molecule has 138 valence electrons. The SMILES string of the molecule is COC(=O)c1ccc(/C=C/C(=O)NCCCc2nc3ccccc3[nH]2)cc1. The molecular formula is C21H21N3O3. The average Bonchev–Trinajstić information content (AvgIpc) is 3.12. The smallest absolute Gasteiger partial charge is 0.337 e. The van der Waals surface area contributed by atoms with E-state index in [1.54, 1.807) is 30.3 Å². The van der Waals surface area contributed by atoms with Crippen molar-refractivity contribution in [2.45, 2.75) is 12.8 Å². The third-order valence-corrected chi connectivity index (χ3v) is 4.09. The minimum atomic E-state index is -0.382. The number of esters is 1. The normalized spacial score (nSPS) is 11.0. The zero-order valence-electron chi connectivity index (χ0n) is 15.1.